The molecule has 41 heavy (non-hydrogen) atoms. The summed E-state index contributed by atoms with van der Waals surface area (Å²) in [6, 6.07) is -2.81. The molecule has 0 aromatic carbocycles. The number of ether oxygens (including phenoxy) is 4. The Hall–Kier alpha value is -0.680. The lowest BCUT2D eigenvalue weighted by molar-refractivity contribution is -0.317. The highest BCUT2D eigenvalue weighted by atomic mass is 16.7. The summed E-state index contributed by atoms with van der Waals surface area (Å²) >= 11 is 0. The Morgan fingerprint density at radius 3 is 2.17 bits per heavy atom. The van der Waals surface area contributed by atoms with E-state index in [9.17, 15) is 30.6 Å². The van der Waals surface area contributed by atoms with Crippen molar-refractivity contribution in [3.05, 3.63) is 0 Å². The molecule has 17 heteroatoms. The fourth-order valence-electron chi connectivity index (χ4n) is 5.78. The topological polar surface area (TPSA) is 298 Å². The highest BCUT2D eigenvalue weighted by Crippen LogP contribution is 2.32. The van der Waals surface area contributed by atoms with Gasteiger partial charge in [-0.25, -0.2) is 0 Å². The first-order valence-corrected chi connectivity index (χ1v) is 14.3. The molecule has 0 spiro atoms. The van der Waals surface area contributed by atoms with Gasteiger partial charge in [0.1, 0.15) is 36.6 Å². The Bertz CT molecular complexity index is 804. The third kappa shape index (κ3) is 7.70. The molecule has 0 aromatic heterocycles. The molecule has 0 amide bonds. The maximum atomic E-state index is 11.6. The molecule has 17 N–H and O–H groups in total. The van der Waals surface area contributed by atoms with Crippen molar-refractivity contribution >= 4 is 0 Å². The van der Waals surface area contributed by atoms with Crippen LogP contribution in [0.3, 0.4) is 0 Å². The monoisotopic (exact) mass is 595 g/mol. The van der Waals surface area contributed by atoms with Crippen molar-refractivity contribution < 1.29 is 49.6 Å². The van der Waals surface area contributed by atoms with E-state index in [-0.39, 0.29) is 32.1 Å². The third-order valence-corrected chi connectivity index (χ3v) is 8.45. The van der Waals surface area contributed by atoms with Gasteiger partial charge >= 0.3 is 0 Å². The van der Waals surface area contributed by atoms with Crippen molar-refractivity contribution in [3.8, 4) is 0 Å². The Balaban J connectivity index is 1.53. The van der Waals surface area contributed by atoms with Crippen LogP contribution in [0.25, 0.3) is 0 Å². The number of aliphatic hydroxyl groups is 6. The summed E-state index contributed by atoms with van der Waals surface area (Å²) in [5.74, 6) is 0. The van der Waals surface area contributed by atoms with Crippen LogP contribution in [0.2, 0.25) is 0 Å². The molecule has 3 heterocycles. The first-order valence-electron chi connectivity index (χ1n) is 14.3. The van der Waals surface area contributed by atoms with Crippen LogP contribution in [-0.2, 0) is 18.9 Å². The van der Waals surface area contributed by atoms with E-state index in [0.717, 1.165) is 13.1 Å². The number of rotatable bonds is 12. The number of hydrogen-bond donors (Lipinski definition) is 13. The van der Waals surface area contributed by atoms with Gasteiger partial charge in [-0.2, -0.15) is 0 Å². The average Bonchev–Trinajstić information content (AvgIpc) is 2.93. The maximum absolute atomic E-state index is 11.6. The summed E-state index contributed by atoms with van der Waals surface area (Å²) in [6.07, 6.45) is -11.6. The molecule has 4 rings (SSSR count). The van der Waals surface area contributed by atoms with Crippen LogP contribution in [0, 0.1) is 0 Å². The molecule has 3 aliphatic heterocycles. The van der Waals surface area contributed by atoms with Crippen LogP contribution in [0.4, 0.5) is 0 Å². The van der Waals surface area contributed by atoms with Gasteiger partial charge in [-0.1, -0.05) is 0 Å². The number of nitrogens with one attached hydrogen (secondary N) is 3. The first-order chi connectivity index (χ1) is 19.6. The molecule has 4 aliphatic rings. The van der Waals surface area contributed by atoms with Crippen LogP contribution in [0.1, 0.15) is 12.8 Å². The van der Waals surface area contributed by atoms with E-state index in [1.807, 2.05) is 0 Å². The summed E-state index contributed by atoms with van der Waals surface area (Å²) in [5.41, 5.74) is 23.8. The van der Waals surface area contributed by atoms with Gasteiger partial charge in [0.2, 0.25) is 0 Å². The summed E-state index contributed by atoms with van der Waals surface area (Å²) in [7, 11) is 0. The molecular formula is C24H49N7O10. The van der Waals surface area contributed by atoms with E-state index in [4.69, 9.17) is 41.9 Å². The predicted molar refractivity (Wildman–Crippen MR) is 143 cm³/mol. The standard InChI is InChI=1S/C24H49N7O10/c25-3-10(33)7-30-12-1-11(27)21(20(37)22(12)41-24-19(36)17(28)18(35)16(8-32)39-24)40-23-13(31-9-5-29-6-9)2-14(34)15(4-26)38-23/h9-24,29-37H,1-8,25-28H2/t10?,11-,12+,13+,14-,15+,16+,17-,18+,19+,20-,21?,22-,23+,24+/m0/s1. The molecule has 3 saturated heterocycles. The van der Waals surface area contributed by atoms with Gasteiger partial charge in [0.15, 0.2) is 12.6 Å². The molecule has 0 aromatic rings. The van der Waals surface area contributed by atoms with Gasteiger partial charge in [0.05, 0.1) is 37.0 Å². The summed E-state index contributed by atoms with van der Waals surface area (Å²) in [4.78, 5) is 0. The lowest BCUT2D eigenvalue weighted by Crippen LogP contribution is -2.69. The van der Waals surface area contributed by atoms with Crippen molar-refractivity contribution in [1.29, 1.82) is 0 Å². The van der Waals surface area contributed by atoms with Gasteiger partial charge in [-0.05, 0) is 12.8 Å². The van der Waals surface area contributed by atoms with Gasteiger partial charge in [-0.15, -0.1) is 0 Å². The third-order valence-electron chi connectivity index (χ3n) is 8.45. The van der Waals surface area contributed by atoms with Crippen molar-refractivity contribution in [2.45, 2.75) is 111 Å². The van der Waals surface area contributed by atoms with Crippen molar-refractivity contribution in [2.24, 2.45) is 22.9 Å². The minimum atomic E-state index is -1.48. The van der Waals surface area contributed by atoms with Crippen molar-refractivity contribution in [1.82, 2.24) is 16.0 Å². The smallest absolute Gasteiger partial charge is 0.186 e. The number of aliphatic hydroxyl groups excluding tert-OH is 6. The second kappa shape index (κ2) is 14.9. The molecule has 2 unspecified atom stereocenters. The quantitative estimate of drug-likeness (QED) is 0.0996. The molecule has 240 valence electrons. The van der Waals surface area contributed by atoms with E-state index in [2.05, 4.69) is 16.0 Å². The van der Waals surface area contributed by atoms with E-state index in [1.54, 1.807) is 0 Å². The molecule has 0 bridgehead atoms. The van der Waals surface area contributed by atoms with Crippen LogP contribution in [0.5, 0.6) is 0 Å². The predicted octanol–water partition coefficient (Wildman–Crippen LogP) is -7.74. The second-order valence-electron chi connectivity index (χ2n) is 11.5. The average molecular weight is 596 g/mol. The Kier molecular flexibility index (Phi) is 12.0. The second-order valence-corrected chi connectivity index (χ2v) is 11.5. The summed E-state index contributed by atoms with van der Waals surface area (Å²) in [6.45, 7) is 1.05. The molecular weight excluding hydrogens is 546 g/mol. The van der Waals surface area contributed by atoms with Crippen LogP contribution < -0.4 is 38.9 Å². The summed E-state index contributed by atoms with van der Waals surface area (Å²) < 4.78 is 24.0. The van der Waals surface area contributed by atoms with Crippen LogP contribution >= 0.6 is 0 Å². The molecule has 0 radical (unpaired) electrons. The van der Waals surface area contributed by atoms with E-state index in [1.165, 1.54) is 0 Å². The zero-order valence-electron chi connectivity index (χ0n) is 23.0. The highest BCUT2D eigenvalue weighted by molar-refractivity contribution is 5.03. The minimum absolute atomic E-state index is 0.000951. The normalized spacial score (nSPS) is 46.7. The van der Waals surface area contributed by atoms with Crippen molar-refractivity contribution in [2.75, 3.05) is 39.3 Å². The zero-order valence-corrected chi connectivity index (χ0v) is 23.0. The van der Waals surface area contributed by atoms with Gasteiger partial charge in [-0.3, -0.25) is 0 Å². The first kappa shape index (κ1) is 33.2. The van der Waals surface area contributed by atoms with Gasteiger partial charge in [0.25, 0.3) is 0 Å². The Morgan fingerprint density at radius 2 is 1.56 bits per heavy atom. The molecule has 4 fully saturated rings. The maximum Gasteiger partial charge on any atom is 0.186 e. The van der Waals surface area contributed by atoms with E-state index in [0.29, 0.717) is 6.42 Å². The minimum Gasteiger partial charge on any atom is -0.394 e. The van der Waals surface area contributed by atoms with Crippen LogP contribution in [-0.4, -0.2) is 168 Å². The Labute approximate surface area is 238 Å². The van der Waals surface area contributed by atoms with Crippen molar-refractivity contribution in [3.63, 3.8) is 0 Å². The zero-order chi connectivity index (χ0) is 29.8. The lowest BCUT2D eigenvalue weighted by Gasteiger charge is -2.49. The largest absolute Gasteiger partial charge is 0.394 e. The fourth-order valence-corrected chi connectivity index (χ4v) is 5.78. The molecule has 15 atom stereocenters. The Morgan fingerprint density at radius 1 is 0.878 bits per heavy atom. The van der Waals surface area contributed by atoms with Gasteiger partial charge < -0.3 is 88.5 Å². The van der Waals surface area contributed by atoms with Crippen LogP contribution in [0.15, 0.2) is 0 Å². The fraction of sp³-hybridized carbons (Fsp3) is 1.00. The summed E-state index contributed by atoms with van der Waals surface area (Å²) in [5, 5.41) is 72.4. The SMILES string of the molecule is NCC(O)CN[C@@H]1C[C@H](N)C(O[C@H]2O[C@H](CN)[C@@H](O)C[C@H]2NC2CNC2)[C@H](O)[C@H]1O[C@H]1O[C@H](CO)[C@@H](O)[C@H](N)[C@H]1O. The van der Waals surface area contributed by atoms with Gasteiger partial charge in [0, 0.05) is 50.8 Å². The number of nitrogens with two attached hydrogens (primary N) is 4. The highest BCUT2D eigenvalue weighted by Gasteiger charge is 2.51. The van der Waals surface area contributed by atoms with E-state index < -0.39 is 98.3 Å². The van der Waals surface area contributed by atoms with E-state index >= 15 is 0 Å². The number of hydrogen-bond acceptors (Lipinski definition) is 17. The molecule has 1 saturated carbocycles. The molecule has 1 aliphatic carbocycles. The molecule has 17 nitrogen and oxygen atoms in total. The lowest BCUT2D eigenvalue weighted by atomic mass is 9.83.